The third-order valence-electron chi connectivity index (χ3n) is 1.14. The van der Waals surface area contributed by atoms with Gasteiger partial charge < -0.3 is 9.47 Å². The van der Waals surface area contributed by atoms with Crippen LogP contribution in [-0.2, 0) is 19.1 Å². The van der Waals surface area contributed by atoms with Gasteiger partial charge in [0.05, 0.1) is 7.11 Å². The molecule has 0 aliphatic heterocycles. The maximum Gasteiger partial charge on any atom is 0.347 e. The average molecular weight is 160 g/mol. The molecule has 0 bridgehead atoms. The highest BCUT2D eigenvalue weighted by Crippen LogP contribution is 2.00. The third-order valence-corrected chi connectivity index (χ3v) is 1.14. The van der Waals surface area contributed by atoms with E-state index in [0.29, 0.717) is 6.42 Å². The average Bonchev–Trinajstić information content (AvgIpc) is 1.98. The number of hydrogen-bond donors (Lipinski definition) is 0. The zero-order valence-corrected chi connectivity index (χ0v) is 6.92. The van der Waals surface area contributed by atoms with Gasteiger partial charge in [-0.15, -0.1) is 0 Å². The number of carbonyl (C=O) groups excluding carboxylic acids is 2. The van der Waals surface area contributed by atoms with Gasteiger partial charge in [-0.25, -0.2) is 4.79 Å². The first kappa shape index (κ1) is 9.94. The molecule has 0 saturated carbocycles. The second kappa shape index (κ2) is 4.71. The monoisotopic (exact) mass is 160 g/mol. The van der Waals surface area contributed by atoms with Crippen LogP contribution in [0.2, 0.25) is 0 Å². The minimum absolute atomic E-state index is 0.437. The SMILES string of the molecule is CC[C@H](OC(C)=O)C(=O)OC. The van der Waals surface area contributed by atoms with E-state index < -0.39 is 18.0 Å². The molecule has 0 aliphatic carbocycles. The molecular formula is C7H12O4. The van der Waals surface area contributed by atoms with Gasteiger partial charge in [0, 0.05) is 6.92 Å². The number of carbonyl (C=O) groups is 2. The fourth-order valence-electron chi connectivity index (χ4n) is 0.630. The van der Waals surface area contributed by atoms with Crippen molar-refractivity contribution in [2.45, 2.75) is 26.4 Å². The molecule has 0 N–H and O–H groups in total. The zero-order chi connectivity index (χ0) is 8.85. The number of esters is 2. The van der Waals surface area contributed by atoms with E-state index in [-0.39, 0.29) is 0 Å². The molecule has 0 unspecified atom stereocenters. The van der Waals surface area contributed by atoms with Crippen molar-refractivity contribution in [3.63, 3.8) is 0 Å². The smallest absolute Gasteiger partial charge is 0.347 e. The number of rotatable bonds is 3. The van der Waals surface area contributed by atoms with Gasteiger partial charge >= 0.3 is 11.9 Å². The Balaban J connectivity index is 3.94. The van der Waals surface area contributed by atoms with E-state index in [1.165, 1.54) is 14.0 Å². The molecule has 0 aromatic heterocycles. The maximum absolute atomic E-state index is 10.8. The van der Waals surface area contributed by atoms with Crippen LogP contribution in [0.4, 0.5) is 0 Å². The molecule has 1 atom stereocenters. The summed E-state index contributed by atoms with van der Waals surface area (Å²) in [6, 6.07) is 0. The van der Waals surface area contributed by atoms with Crippen molar-refractivity contribution in [1.82, 2.24) is 0 Å². The fourth-order valence-corrected chi connectivity index (χ4v) is 0.630. The fraction of sp³-hybridized carbons (Fsp3) is 0.714. The molecule has 0 saturated heterocycles. The van der Waals surface area contributed by atoms with Crippen LogP contribution in [0.1, 0.15) is 20.3 Å². The first-order valence-corrected chi connectivity index (χ1v) is 3.36. The Morgan fingerprint density at radius 2 is 2.00 bits per heavy atom. The molecule has 0 aromatic rings. The Hall–Kier alpha value is -1.06. The molecule has 0 amide bonds. The minimum Gasteiger partial charge on any atom is -0.466 e. The number of methoxy groups -OCH3 is 1. The molecule has 4 heteroatoms. The van der Waals surface area contributed by atoms with Gasteiger partial charge in [-0.3, -0.25) is 4.79 Å². The summed E-state index contributed by atoms with van der Waals surface area (Å²) in [5.74, 6) is -0.982. The van der Waals surface area contributed by atoms with E-state index in [2.05, 4.69) is 9.47 Å². The molecule has 0 rings (SSSR count). The molecule has 0 fully saturated rings. The Kier molecular flexibility index (Phi) is 4.26. The lowest BCUT2D eigenvalue weighted by Gasteiger charge is -2.11. The second-order valence-electron chi connectivity index (χ2n) is 2.03. The van der Waals surface area contributed by atoms with Crippen molar-refractivity contribution in [1.29, 1.82) is 0 Å². The van der Waals surface area contributed by atoms with Crippen molar-refractivity contribution in [3.8, 4) is 0 Å². The summed E-state index contributed by atoms with van der Waals surface area (Å²) in [5, 5.41) is 0. The summed E-state index contributed by atoms with van der Waals surface area (Å²) in [7, 11) is 1.26. The van der Waals surface area contributed by atoms with Gasteiger partial charge in [0.1, 0.15) is 0 Å². The van der Waals surface area contributed by atoms with E-state index in [4.69, 9.17) is 0 Å². The molecule has 64 valence electrons. The van der Waals surface area contributed by atoms with Crippen molar-refractivity contribution in [3.05, 3.63) is 0 Å². The Morgan fingerprint density at radius 3 is 2.27 bits per heavy atom. The Bertz CT molecular complexity index is 153. The predicted molar refractivity (Wildman–Crippen MR) is 37.9 cm³/mol. The third kappa shape index (κ3) is 3.60. The topological polar surface area (TPSA) is 52.6 Å². The quantitative estimate of drug-likeness (QED) is 0.564. The van der Waals surface area contributed by atoms with Gasteiger partial charge in [-0.05, 0) is 6.42 Å². The highest BCUT2D eigenvalue weighted by atomic mass is 16.6. The molecular weight excluding hydrogens is 148 g/mol. The van der Waals surface area contributed by atoms with Crippen LogP contribution in [-0.4, -0.2) is 25.2 Å². The maximum atomic E-state index is 10.8. The second-order valence-corrected chi connectivity index (χ2v) is 2.03. The summed E-state index contributed by atoms with van der Waals surface area (Å²) in [5.41, 5.74) is 0. The lowest BCUT2D eigenvalue weighted by Crippen LogP contribution is -2.26. The molecule has 0 spiro atoms. The van der Waals surface area contributed by atoms with Crippen LogP contribution >= 0.6 is 0 Å². The van der Waals surface area contributed by atoms with Gasteiger partial charge in [0.15, 0.2) is 6.10 Å². The van der Waals surface area contributed by atoms with Gasteiger partial charge in [0.25, 0.3) is 0 Å². The zero-order valence-electron chi connectivity index (χ0n) is 6.92. The summed E-state index contributed by atoms with van der Waals surface area (Å²) in [4.78, 5) is 21.2. The van der Waals surface area contributed by atoms with Crippen LogP contribution in [0.3, 0.4) is 0 Å². The Labute approximate surface area is 65.5 Å². The number of hydrogen-bond acceptors (Lipinski definition) is 4. The molecule has 0 aliphatic rings. The van der Waals surface area contributed by atoms with Crippen LogP contribution in [0.25, 0.3) is 0 Å². The minimum atomic E-state index is -0.752. The van der Waals surface area contributed by atoms with E-state index in [9.17, 15) is 9.59 Å². The predicted octanol–water partition coefficient (Wildman–Crippen LogP) is 0.501. The first-order valence-electron chi connectivity index (χ1n) is 3.36. The van der Waals surface area contributed by atoms with Crippen molar-refractivity contribution >= 4 is 11.9 Å². The largest absolute Gasteiger partial charge is 0.466 e. The molecule has 0 radical (unpaired) electrons. The molecule has 0 aromatic carbocycles. The molecule has 0 heterocycles. The van der Waals surface area contributed by atoms with Gasteiger partial charge in [-0.1, -0.05) is 6.92 Å². The lowest BCUT2D eigenvalue weighted by atomic mass is 10.3. The number of ether oxygens (including phenoxy) is 2. The van der Waals surface area contributed by atoms with Gasteiger partial charge in [0.2, 0.25) is 0 Å². The lowest BCUT2D eigenvalue weighted by molar-refractivity contribution is -0.164. The van der Waals surface area contributed by atoms with Gasteiger partial charge in [-0.2, -0.15) is 0 Å². The normalized spacial score (nSPS) is 11.9. The molecule has 4 nitrogen and oxygen atoms in total. The molecule has 11 heavy (non-hydrogen) atoms. The highest BCUT2D eigenvalue weighted by molar-refractivity contribution is 5.78. The first-order chi connectivity index (χ1) is 5.11. The van der Waals surface area contributed by atoms with Crippen LogP contribution in [0, 0.1) is 0 Å². The summed E-state index contributed by atoms with van der Waals surface area (Å²) in [6.07, 6.45) is -0.316. The van der Waals surface area contributed by atoms with Crippen molar-refractivity contribution in [2.24, 2.45) is 0 Å². The van der Waals surface area contributed by atoms with E-state index in [0.717, 1.165) is 0 Å². The van der Waals surface area contributed by atoms with Crippen molar-refractivity contribution in [2.75, 3.05) is 7.11 Å². The summed E-state index contributed by atoms with van der Waals surface area (Å²) < 4.78 is 9.03. The van der Waals surface area contributed by atoms with E-state index >= 15 is 0 Å². The van der Waals surface area contributed by atoms with Crippen LogP contribution in [0.15, 0.2) is 0 Å². The highest BCUT2D eigenvalue weighted by Gasteiger charge is 2.19. The van der Waals surface area contributed by atoms with Crippen LogP contribution < -0.4 is 0 Å². The van der Waals surface area contributed by atoms with E-state index in [1.807, 2.05) is 0 Å². The Morgan fingerprint density at radius 1 is 1.45 bits per heavy atom. The summed E-state index contributed by atoms with van der Waals surface area (Å²) in [6.45, 7) is 3.00. The van der Waals surface area contributed by atoms with Crippen molar-refractivity contribution < 1.29 is 19.1 Å². The van der Waals surface area contributed by atoms with Crippen LogP contribution in [0.5, 0.6) is 0 Å². The summed E-state index contributed by atoms with van der Waals surface area (Å²) >= 11 is 0. The van der Waals surface area contributed by atoms with E-state index in [1.54, 1.807) is 6.92 Å². The standard InChI is InChI=1S/C7H12O4/c1-4-6(7(9)10-3)11-5(2)8/h6H,4H2,1-3H3/t6-/m0/s1.